The SMILES string of the molecule is Cc1nc(-c2ccccc2)nn1CC1CCNCC1. The van der Waals surface area contributed by atoms with E-state index in [0.29, 0.717) is 0 Å². The molecule has 0 saturated carbocycles. The highest BCUT2D eigenvalue weighted by molar-refractivity contribution is 5.53. The molecule has 2 heterocycles. The van der Waals surface area contributed by atoms with Crippen molar-refractivity contribution < 1.29 is 0 Å². The van der Waals surface area contributed by atoms with E-state index >= 15 is 0 Å². The Labute approximate surface area is 113 Å². The van der Waals surface area contributed by atoms with Gasteiger partial charge in [0.25, 0.3) is 0 Å². The Bertz CT molecular complexity index is 526. The molecule has 1 aliphatic rings. The van der Waals surface area contributed by atoms with Crippen LogP contribution in [0.25, 0.3) is 11.4 Å². The average molecular weight is 256 g/mol. The third-order valence-electron chi connectivity index (χ3n) is 3.78. The summed E-state index contributed by atoms with van der Waals surface area (Å²) in [7, 11) is 0. The van der Waals surface area contributed by atoms with Crippen molar-refractivity contribution in [1.82, 2.24) is 20.1 Å². The Morgan fingerprint density at radius 3 is 2.68 bits per heavy atom. The Kier molecular flexibility index (Phi) is 3.60. The molecule has 1 aromatic carbocycles. The first-order chi connectivity index (χ1) is 9.33. The Hall–Kier alpha value is -1.68. The number of hydrogen-bond donors (Lipinski definition) is 1. The van der Waals surface area contributed by atoms with Crippen molar-refractivity contribution >= 4 is 0 Å². The minimum atomic E-state index is 0.727. The fraction of sp³-hybridized carbons (Fsp3) is 0.467. The van der Waals surface area contributed by atoms with E-state index < -0.39 is 0 Å². The van der Waals surface area contributed by atoms with Gasteiger partial charge < -0.3 is 5.32 Å². The maximum absolute atomic E-state index is 4.66. The molecule has 1 saturated heterocycles. The highest BCUT2D eigenvalue weighted by atomic mass is 15.3. The molecule has 1 fully saturated rings. The number of nitrogens with zero attached hydrogens (tertiary/aromatic N) is 3. The lowest BCUT2D eigenvalue weighted by atomic mass is 9.98. The van der Waals surface area contributed by atoms with E-state index in [9.17, 15) is 0 Å². The van der Waals surface area contributed by atoms with Crippen LogP contribution in [-0.2, 0) is 6.54 Å². The predicted octanol–water partition coefficient (Wildman–Crippen LogP) is 2.25. The highest BCUT2D eigenvalue weighted by Crippen LogP contribution is 2.18. The van der Waals surface area contributed by atoms with Crippen LogP contribution in [0.5, 0.6) is 0 Å². The van der Waals surface area contributed by atoms with Crippen molar-refractivity contribution in [3.05, 3.63) is 36.2 Å². The molecule has 3 rings (SSSR count). The molecule has 4 heteroatoms. The van der Waals surface area contributed by atoms with Gasteiger partial charge in [0.05, 0.1) is 0 Å². The molecular formula is C15H20N4. The van der Waals surface area contributed by atoms with Gasteiger partial charge in [-0.2, -0.15) is 5.10 Å². The molecule has 19 heavy (non-hydrogen) atoms. The minimum absolute atomic E-state index is 0.727. The van der Waals surface area contributed by atoms with Crippen molar-refractivity contribution in [2.24, 2.45) is 5.92 Å². The molecule has 0 unspecified atom stereocenters. The zero-order valence-corrected chi connectivity index (χ0v) is 11.3. The average Bonchev–Trinajstić information content (AvgIpc) is 2.82. The minimum Gasteiger partial charge on any atom is -0.317 e. The second-order valence-electron chi connectivity index (χ2n) is 5.22. The highest BCUT2D eigenvalue weighted by Gasteiger charge is 2.16. The van der Waals surface area contributed by atoms with E-state index in [1.807, 2.05) is 25.1 Å². The molecule has 0 amide bonds. The van der Waals surface area contributed by atoms with E-state index in [0.717, 1.165) is 42.8 Å². The quantitative estimate of drug-likeness (QED) is 0.916. The van der Waals surface area contributed by atoms with Crippen molar-refractivity contribution in [2.75, 3.05) is 13.1 Å². The fourth-order valence-corrected chi connectivity index (χ4v) is 2.61. The van der Waals surface area contributed by atoms with Crippen LogP contribution >= 0.6 is 0 Å². The Balaban J connectivity index is 1.77. The summed E-state index contributed by atoms with van der Waals surface area (Å²) < 4.78 is 2.07. The lowest BCUT2D eigenvalue weighted by Gasteiger charge is -2.22. The van der Waals surface area contributed by atoms with Crippen LogP contribution in [-0.4, -0.2) is 27.9 Å². The van der Waals surface area contributed by atoms with Crippen LogP contribution in [0.3, 0.4) is 0 Å². The molecule has 0 radical (unpaired) electrons. The summed E-state index contributed by atoms with van der Waals surface area (Å²) in [5, 5.41) is 8.06. The van der Waals surface area contributed by atoms with Gasteiger partial charge >= 0.3 is 0 Å². The molecular weight excluding hydrogens is 236 g/mol. The maximum atomic E-state index is 4.66. The number of rotatable bonds is 3. The molecule has 1 aromatic heterocycles. The second kappa shape index (κ2) is 5.53. The molecule has 0 aliphatic carbocycles. The summed E-state index contributed by atoms with van der Waals surface area (Å²) in [5.41, 5.74) is 1.09. The van der Waals surface area contributed by atoms with Crippen molar-refractivity contribution in [3.63, 3.8) is 0 Å². The van der Waals surface area contributed by atoms with E-state index in [-0.39, 0.29) is 0 Å². The van der Waals surface area contributed by atoms with Crippen LogP contribution in [0, 0.1) is 12.8 Å². The van der Waals surface area contributed by atoms with Crippen LogP contribution in [0.4, 0.5) is 0 Å². The van der Waals surface area contributed by atoms with Crippen LogP contribution in [0.2, 0.25) is 0 Å². The number of aryl methyl sites for hydroxylation is 1. The lowest BCUT2D eigenvalue weighted by molar-refractivity contribution is 0.318. The van der Waals surface area contributed by atoms with E-state index in [1.54, 1.807) is 0 Å². The third kappa shape index (κ3) is 2.84. The van der Waals surface area contributed by atoms with Gasteiger partial charge in [0, 0.05) is 12.1 Å². The van der Waals surface area contributed by atoms with Gasteiger partial charge in [0.1, 0.15) is 5.82 Å². The van der Waals surface area contributed by atoms with Gasteiger partial charge in [0.15, 0.2) is 5.82 Å². The van der Waals surface area contributed by atoms with Gasteiger partial charge in [0.2, 0.25) is 0 Å². The van der Waals surface area contributed by atoms with Crippen LogP contribution in [0.1, 0.15) is 18.7 Å². The van der Waals surface area contributed by atoms with Gasteiger partial charge in [-0.25, -0.2) is 9.67 Å². The summed E-state index contributed by atoms with van der Waals surface area (Å²) in [6, 6.07) is 10.2. The first-order valence-electron chi connectivity index (χ1n) is 7.00. The predicted molar refractivity (Wildman–Crippen MR) is 75.8 cm³/mol. The molecule has 1 N–H and O–H groups in total. The smallest absolute Gasteiger partial charge is 0.181 e. The molecule has 0 bridgehead atoms. The molecule has 0 atom stereocenters. The number of hydrogen-bond acceptors (Lipinski definition) is 3. The maximum Gasteiger partial charge on any atom is 0.181 e. The van der Waals surface area contributed by atoms with Crippen molar-refractivity contribution in [3.8, 4) is 11.4 Å². The lowest BCUT2D eigenvalue weighted by Crippen LogP contribution is -2.30. The van der Waals surface area contributed by atoms with Gasteiger partial charge in [-0.05, 0) is 38.8 Å². The Morgan fingerprint density at radius 2 is 1.95 bits per heavy atom. The second-order valence-corrected chi connectivity index (χ2v) is 5.22. The van der Waals surface area contributed by atoms with Gasteiger partial charge in [-0.3, -0.25) is 0 Å². The number of piperidine rings is 1. The van der Waals surface area contributed by atoms with E-state index in [1.165, 1.54) is 12.8 Å². The number of benzene rings is 1. The molecule has 2 aromatic rings. The Morgan fingerprint density at radius 1 is 1.21 bits per heavy atom. The van der Waals surface area contributed by atoms with Gasteiger partial charge in [-0.15, -0.1) is 0 Å². The summed E-state index contributed by atoms with van der Waals surface area (Å²) in [6.45, 7) is 5.29. The largest absolute Gasteiger partial charge is 0.317 e. The zero-order chi connectivity index (χ0) is 13.1. The van der Waals surface area contributed by atoms with Gasteiger partial charge in [-0.1, -0.05) is 30.3 Å². The monoisotopic (exact) mass is 256 g/mol. The van der Waals surface area contributed by atoms with Crippen molar-refractivity contribution in [2.45, 2.75) is 26.3 Å². The standard InChI is InChI=1S/C15H20N4/c1-12-17-15(14-5-3-2-4-6-14)18-19(12)11-13-7-9-16-10-8-13/h2-6,13,16H,7-11H2,1H3. The van der Waals surface area contributed by atoms with Crippen molar-refractivity contribution in [1.29, 1.82) is 0 Å². The normalized spacial score (nSPS) is 16.7. The summed E-state index contributed by atoms with van der Waals surface area (Å²) in [4.78, 5) is 4.58. The first-order valence-corrected chi connectivity index (χ1v) is 7.00. The molecule has 4 nitrogen and oxygen atoms in total. The molecule has 0 spiro atoms. The summed E-state index contributed by atoms with van der Waals surface area (Å²) >= 11 is 0. The fourth-order valence-electron chi connectivity index (χ4n) is 2.61. The number of nitrogens with one attached hydrogen (secondary N) is 1. The molecule has 1 aliphatic heterocycles. The summed E-state index contributed by atoms with van der Waals surface area (Å²) in [5.74, 6) is 2.58. The number of aromatic nitrogens is 3. The van der Waals surface area contributed by atoms with E-state index in [4.69, 9.17) is 0 Å². The van der Waals surface area contributed by atoms with Crippen LogP contribution in [0.15, 0.2) is 30.3 Å². The topological polar surface area (TPSA) is 42.7 Å². The first kappa shape index (κ1) is 12.4. The third-order valence-corrected chi connectivity index (χ3v) is 3.78. The summed E-state index contributed by atoms with van der Waals surface area (Å²) in [6.07, 6.45) is 2.47. The van der Waals surface area contributed by atoms with Crippen LogP contribution < -0.4 is 5.32 Å². The zero-order valence-electron chi connectivity index (χ0n) is 11.3. The molecule has 100 valence electrons. The van der Waals surface area contributed by atoms with E-state index in [2.05, 4.69) is 32.2 Å².